The molecule has 3 aromatic carbocycles. The average molecular weight is 533 g/mol. The van der Waals surface area contributed by atoms with Gasteiger partial charge in [0.15, 0.2) is 0 Å². The number of fused-ring (bicyclic) bond motifs is 1. The van der Waals surface area contributed by atoms with Gasteiger partial charge in [-0.3, -0.25) is 9.59 Å². The molecule has 1 unspecified atom stereocenters. The average Bonchev–Trinajstić information content (AvgIpc) is 3.22. The van der Waals surface area contributed by atoms with Gasteiger partial charge in [0.1, 0.15) is 6.17 Å². The maximum Gasteiger partial charge on any atom is 0.256 e. The minimum absolute atomic E-state index is 0.0225. The molecule has 0 spiro atoms. The molecule has 5 rings (SSSR count). The minimum Gasteiger partial charge on any atom is -0.382 e. The van der Waals surface area contributed by atoms with E-state index in [2.05, 4.69) is 10.2 Å². The molecule has 2 aliphatic heterocycles. The van der Waals surface area contributed by atoms with Crippen LogP contribution in [0.4, 0.5) is 11.4 Å². The number of hydrogen-bond acceptors (Lipinski definition) is 5. The number of amides is 2. The number of carbonyl (C=O) groups excluding carboxylic acids is 2. The van der Waals surface area contributed by atoms with E-state index < -0.39 is 0 Å². The summed E-state index contributed by atoms with van der Waals surface area (Å²) >= 11 is 6.36. The van der Waals surface area contributed by atoms with Crippen LogP contribution in [0.25, 0.3) is 0 Å². The highest BCUT2D eigenvalue weighted by atomic mass is 35.5. The van der Waals surface area contributed by atoms with E-state index in [9.17, 15) is 9.59 Å². The van der Waals surface area contributed by atoms with E-state index in [4.69, 9.17) is 16.3 Å². The molecular formula is C30H33ClN4O3. The van der Waals surface area contributed by atoms with E-state index in [1.165, 1.54) is 0 Å². The van der Waals surface area contributed by atoms with E-state index in [0.29, 0.717) is 38.4 Å². The first kappa shape index (κ1) is 26.1. The number of ether oxygens (including phenoxy) is 1. The van der Waals surface area contributed by atoms with Crippen LogP contribution in [0.5, 0.6) is 0 Å². The van der Waals surface area contributed by atoms with Crippen LogP contribution in [0.2, 0.25) is 5.02 Å². The third-order valence-corrected chi connectivity index (χ3v) is 7.47. The molecule has 7 nitrogen and oxygen atoms in total. The summed E-state index contributed by atoms with van der Waals surface area (Å²) in [5, 5.41) is 4.24. The van der Waals surface area contributed by atoms with Gasteiger partial charge in [0, 0.05) is 68.3 Å². The van der Waals surface area contributed by atoms with Gasteiger partial charge in [-0.2, -0.15) is 0 Å². The maximum absolute atomic E-state index is 13.2. The Kier molecular flexibility index (Phi) is 8.15. The van der Waals surface area contributed by atoms with Gasteiger partial charge < -0.3 is 24.8 Å². The molecule has 38 heavy (non-hydrogen) atoms. The standard InChI is InChI=1S/C30H33ClN4O3/c1-2-38-21-7-16-35-28(24-8-3-4-9-25(24)30(35)37)32-23-14-12-22(13-15-23)29(36)34-19-17-33(18-20-34)27-11-6-5-10-26(27)31/h3-6,8-15,28,32H,2,7,16-21H2,1H3. The topological polar surface area (TPSA) is 65.1 Å². The second-order valence-corrected chi connectivity index (χ2v) is 9.90. The molecule has 198 valence electrons. The molecule has 2 amide bonds. The molecule has 0 saturated carbocycles. The Morgan fingerprint density at radius 1 is 0.974 bits per heavy atom. The lowest BCUT2D eigenvalue weighted by atomic mass is 10.1. The fourth-order valence-corrected chi connectivity index (χ4v) is 5.40. The van der Waals surface area contributed by atoms with Crippen LogP contribution in [0.15, 0.2) is 72.8 Å². The molecule has 1 atom stereocenters. The van der Waals surface area contributed by atoms with Gasteiger partial charge in [-0.25, -0.2) is 0 Å². The number of piperazine rings is 1. The number of nitrogens with one attached hydrogen (secondary N) is 1. The summed E-state index contributed by atoms with van der Waals surface area (Å²) in [4.78, 5) is 32.3. The van der Waals surface area contributed by atoms with Crippen molar-refractivity contribution in [3.63, 3.8) is 0 Å². The predicted molar refractivity (Wildman–Crippen MR) is 151 cm³/mol. The lowest BCUT2D eigenvalue weighted by molar-refractivity contribution is 0.0707. The highest BCUT2D eigenvalue weighted by Gasteiger charge is 2.36. The highest BCUT2D eigenvalue weighted by Crippen LogP contribution is 2.34. The number of hydrogen-bond donors (Lipinski definition) is 1. The first-order valence-electron chi connectivity index (χ1n) is 13.2. The van der Waals surface area contributed by atoms with Crippen LogP contribution < -0.4 is 10.2 Å². The van der Waals surface area contributed by atoms with Crippen LogP contribution in [0.1, 0.15) is 45.8 Å². The quantitative estimate of drug-likeness (QED) is 0.379. The smallest absolute Gasteiger partial charge is 0.256 e. The molecule has 1 saturated heterocycles. The van der Waals surface area contributed by atoms with E-state index in [1.807, 2.05) is 89.5 Å². The Balaban J connectivity index is 1.23. The van der Waals surface area contributed by atoms with Crippen LogP contribution in [0.3, 0.4) is 0 Å². The summed E-state index contributed by atoms with van der Waals surface area (Å²) in [5.74, 6) is 0.0478. The third kappa shape index (κ3) is 5.49. The summed E-state index contributed by atoms with van der Waals surface area (Å²) < 4.78 is 5.48. The van der Waals surface area contributed by atoms with Crippen molar-refractivity contribution in [2.24, 2.45) is 0 Å². The van der Waals surface area contributed by atoms with Crippen molar-refractivity contribution < 1.29 is 14.3 Å². The number of nitrogens with zero attached hydrogens (tertiary/aromatic N) is 3. The monoisotopic (exact) mass is 532 g/mol. The van der Waals surface area contributed by atoms with Gasteiger partial charge >= 0.3 is 0 Å². The van der Waals surface area contributed by atoms with E-state index in [0.717, 1.165) is 47.0 Å². The van der Waals surface area contributed by atoms with Crippen molar-refractivity contribution in [3.8, 4) is 0 Å². The SMILES string of the molecule is CCOCCCN1C(=O)c2ccccc2C1Nc1ccc(C(=O)N2CCN(c3ccccc3Cl)CC2)cc1. The number of para-hydroxylation sites is 1. The number of halogens is 1. The Hall–Kier alpha value is -3.55. The molecule has 3 aromatic rings. The van der Waals surface area contributed by atoms with Crippen molar-refractivity contribution in [1.29, 1.82) is 0 Å². The van der Waals surface area contributed by atoms with Crippen LogP contribution in [0, 0.1) is 0 Å². The molecular weight excluding hydrogens is 500 g/mol. The van der Waals surface area contributed by atoms with Gasteiger partial charge in [0.05, 0.1) is 10.7 Å². The van der Waals surface area contributed by atoms with E-state index >= 15 is 0 Å². The van der Waals surface area contributed by atoms with Crippen molar-refractivity contribution in [1.82, 2.24) is 9.80 Å². The van der Waals surface area contributed by atoms with Crippen molar-refractivity contribution in [3.05, 3.63) is 94.5 Å². The lowest BCUT2D eigenvalue weighted by Gasteiger charge is -2.36. The fraction of sp³-hybridized carbons (Fsp3) is 0.333. The summed E-state index contributed by atoms with van der Waals surface area (Å²) in [6.45, 7) is 6.61. The molecule has 2 aliphatic rings. The van der Waals surface area contributed by atoms with Gasteiger partial charge in [-0.15, -0.1) is 0 Å². The van der Waals surface area contributed by atoms with Crippen LogP contribution >= 0.6 is 11.6 Å². The minimum atomic E-state index is -0.264. The molecule has 8 heteroatoms. The summed E-state index contributed by atoms with van der Waals surface area (Å²) in [6.07, 6.45) is 0.503. The molecule has 1 N–H and O–H groups in total. The Labute approximate surface area is 228 Å². The highest BCUT2D eigenvalue weighted by molar-refractivity contribution is 6.33. The number of benzene rings is 3. The van der Waals surface area contributed by atoms with Crippen LogP contribution in [-0.2, 0) is 4.74 Å². The molecule has 0 bridgehead atoms. The van der Waals surface area contributed by atoms with E-state index in [-0.39, 0.29) is 18.0 Å². The Bertz CT molecular complexity index is 1270. The van der Waals surface area contributed by atoms with Crippen LogP contribution in [-0.4, -0.2) is 67.6 Å². The largest absolute Gasteiger partial charge is 0.382 e. The van der Waals surface area contributed by atoms with Gasteiger partial charge in [0.2, 0.25) is 0 Å². The Morgan fingerprint density at radius 3 is 2.42 bits per heavy atom. The Morgan fingerprint density at radius 2 is 1.68 bits per heavy atom. The first-order chi connectivity index (χ1) is 18.6. The summed E-state index contributed by atoms with van der Waals surface area (Å²) in [5.41, 5.74) is 4.21. The zero-order valence-electron chi connectivity index (χ0n) is 21.6. The van der Waals surface area contributed by atoms with Gasteiger partial charge in [0.25, 0.3) is 11.8 Å². The van der Waals surface area contributed by atoms with Gasteiger partial charge in [-0.05, 0) is 55.8 Å². The zero-order valence-corrected chi connectivity index (χ0v) is 22.4. The van der Waals surface area contributed by atoms with E-state index in [1.54, 1.807) is 0 Å². The second kappa shape index (κ2) is 11.9. The number of rotatable bonds is 9. The van der Waals surface area contributed by atoms with Crippen molar-refractivity contribution in [2.75, 3.05) is 56.2 Å². The second-order valence-electron chi connectivity index (χ2n) is 9.49. The molecule has 0 aromatic heterocycles. The van der Waals surface area contributed by atoms with Crippen molar-refractivity contribution >= 4 is 34.8 Å². The maximum atomic E-state index is 13.2. The summed E-state index contributed by atoms with van der Waals surface area (Å²) in [7, 11) is 0. The number of anilines is 2. The zero-order chi connectivity index (χ0) is 26.5. The lowest BCUT2D eigenvalue weighted by Crippen LogP contribution is -2.48. The van der Waals surface area contributed by atoms with Crippen molar-refractivity contribution in [2.45, 2.75) is 19.5 Å². The third-order valence-electron chi connectivity index (χ3n) is 7.15. The normalized spacial score (nSPS) is 17.1. The summed E-state index contributed by atoms with van der Waals surface area (Å²) in [6, 6.07) is 23.1. The first-order valence-corrected chi connectivity index (χ1v) is 13.6. The van der Waals surface area contributed by atoms with Gasteiger partial charge in [-0.1, -0.05) is 41.9 Å². The molecule has 1 fully saturated rings. The molecule has 0 aliphatic carbocycles. The predicted octanol–water partition coefficient (Wildman–Crippen LogP) is 5.30. The molecule has 0 radical (unpaired) electrons. The number of carbonyl (C=O) groups is 2. The molecule has 2 heterocycles. The fourth-order valence-electron chi connectivity index (χ4n) is 5.15.